The lowest BCUT2D eigenvalue weighted by atomic mass is 10.1. The van der Waals surface area contributed by atoms with Gasteiger partial charge >= 0.3 is 0 Å². The summed E-state index contributed by atoms with van der Waals surface area (Å²) in [4.78, 5) is 17.4. The Morgan fingerprint density at radius 3 is 2.38 bits per heavy atom. The predicted octanol–water partition coefficient (Wildman–Crippen LogP) is 5.83. The normalized spacial score (nSPS) is 11.2. The molecule has 0 bridgehead atoms. The number of hydrogen-bond donors (Lipinski definition) is 2. The molecule has 3 aromatic carbocycles. The molecule has 1 heterocycles. The van der Waals surface area contributed by atoms with E-state index < -0.39 is 15.9 Å². The number of sulfonamides is 1. The predicted molar refractivity (Wildman–Crippen MR) is 129 cm³/mol. The van der Waals surface area contributed by atoms with Crippen LogP contribution in [0.1, 0.15) is 15.9 Å². The van der Waals surface area contributed by atoms with Crippen LogP contribution in [0.4, 0.5) is 10.8 Å². The Morgan fingerprint density at radius 1 is 0.969 bits per heavy atom. The molecule has 0 unspecified atom stereocenters. The maximum absolute atomic E-state index is 12.9. The van der Waals surface area contributed by atoms with Crippen LogP contribution in [0.5, 0.6) is 0 Å². The van der Waals surface area contributed by atoms with Crippen molar-refractivity contribution < 1.29 is 13.2 Å². The van der Waals surface area contributed by atoms with Crippen molar-refractivity contribution in [3.8, 4) is 11.3 Å². The Labute approximate surface area is 195 Å². The number of aryl methyl sites for hydroxylation is 1. The molecule has 4 rings (SSSR count). The number of benzene rings is 3. The summed E-state index contributed by atoms with van der Waals surface area (Å²) in [5.74, 6) is -0.468. The van der Waals surface area contributed by atoms with Crippen LogP contribution in [-0.4, -0.2) is 19.3 Å². The average Bonchev–Trinajstić information content (AvgIpc) is 3.23. The van der Waals surface area contributed by atoms with Gasteiger partial charge in [-0.1, -0.05) is 53.6 Å². The van der Waals surface area contributed by atoms with Gasteiger partial charge in [-0.3, -0.25) is 14.8 Å². The summed E-state index contributed by atoms with van der Waals surface area (Å²) < 4.78 is 27.9. The molecule has 1 aromatic heterocycles. The molecule has 0 radical (unpaired) electrons. The number of halogens is 1. The lowest BCUT2D eigenvalue weighted by Gasteiger charge is -2.12. The smallest absolute Gasteiger partial charge is 0.261 e. The quantitative estimate of drug-likeness (QED) is 0.361. The maximum Gasteiger partial charge on any atom is 0.261 e. The standard InChI is InChI=1S/C23H18ClN3O3S2/c1-15-6-8-16(9-7-15)21-14-31-23(25-21)26-22(28)19-4-2-3-5-20(19)27-32(29,30)18-12-10-17(24)11-13-18/h2-14,27H,1H3,(H,25,26,28). The molecule has 1 amide bonds. The number of carbonyl (C=O) groups is 1. The van der Waals surface area contributed by atoms with E-state index in [1.807, 2.05) is 36.6 Å². The highest BCUT2D eigenvalue weighted by Gasteiger charge is 2.19. The molecule has 0 fully saturated rings. The van der Waals surface area contributed by atoms with Crippen molar-refractivity contribution in [2.75, 3.05) is 10.0 Å². The number of carbonyl (C=O) groups excluding carboxylic acids is 1. The maximum atomic E-state index is 12.9. The number of nitrogens with one attached hydrogen (secondary N) is 2. The van der Waals surface area contributed by atoms with E-state index in [-0.39, 0.29) is 16.1 Å². The van der Waals surface area contributed by atoms with Gasteiger partial charge < -0.3 is 0 Å². The molecule has 32 heavy (non-hydrogen) atoms. The first-order valence-corrected chi connectivity index (χ1v) is 12.3. The van der Waals surface area contributed by atoms with E-state index in [4.69, 9.17) is 11.6 Å². The van der Waals surface area contributed by atoms with Crippen LogP contribution < -0.4 is 10.0 Å². The van der Waals surface area contributed by atoms with Crippen molar-refractivity contribution in [3.05, 3.63) is 94.3 Å². The molecule has 6 nitrogen and oxygen atoms in total. The van der Waals surface area contributed by atoms with Crippen molar-refractivity contribution in [1.29, 1.82) is 0 Å². The number of thiazole rings is 1. The number of hydrogen-bond acceptors (Lipinski definition) is 5. The lowest BCUT2D eigenvalue weighted by Crippen LogP contribution is -2.18. The van der Waals surface area contributed by atoms with Gasteiger partial charge in [-0.05, 0) is 43.3 Å². The second kappa shape index (κ2) is 9.12. The minimum atomic E-state index is -3.90. The summed E-state index contributed by atoms with van der Waals surface area (Å²) in [6, 6.07) is 20.1. The second-order valence-corrected chi connectivity index (χ2v) is 9.94. The highest BCUT2D eigenvalue weighted by atomic mass is 35.5. The van der Waals surface area contributed by atoms with Gasteiger partial charge in [0.1, 0.15) is 0 Å². The van der Waals surface area contributed by atoms with Gasteiger partial charge in [-0.25, -0.2) is 13.4 Å². The summed E-state index contributed by atoms with van der Waals surface area (Å²) in [5.41, 5.74) is 3.19. The van der Waals surface area contributed by atoms with Crippen LogP contribution in [0.3, 0.4) is 0 Å². The highest BCUT2D eigenvalue weighted by molar-refractivity contribution is 7.92. The minimum Gasteiger partial charge on any atom is -0.298 e. The van der Waals surface area contributed by atoms with E-state index in [0.717, 1.165) is 16.8 Å². The summed E-state index contributed by atoms with van der Waals surface area (Å²) in [6.07, 6.45) is 0. The second-order valence-electron chi connectivity index (χ2n) is 6.96. The molecule has 0 aliphatic carbocycles. The first-order chi connectivity index (χ1) is 15.3. The van der Waals surface area contributed by atoms with Crippen LogP contribution in [0.15, 0.2) is 83.1 Å². The third-order valence-corrected chi connectivity index (χ3v) is 7.00. The fraction of sp³-hybridized carbons (Fsp3) is 0.0435. The molecule has 2 N–H and O–H groups in total. The van der Waals surface area contributed by atoms with Crippen LogP contribution in [0.2, 0.25) is 5.02 Å². The zero-order valence-corrected chi connectivity index (χ0v) is 19.3. The first-order valence-electron chi connectivity index (χ1n) is 9.53. The Hall–Kier alpha value is -3.20. The summed E-state index contributed by atoms with van der Waals surface area (Å²) >= 11 is 7.13. The van der Waals surface area contributed by atoms with E-state index in [2.05, 4.69) is 15.0 Å². The largest absolute Gasteiger partial charge is 0.298 e. The van der Waals surface area contributed by atoms with Crippen molar-refractivity contribution in [2.45, 2.75) is 11.8 Å². The van der Waals surface area contributed by atoms with Gasteiger partial charge in [0.15, 0.2) is 5.13 Å². The monoisotopic (exact) mass is 483 g/mol. The van der Waals surface area contributed by atoms with Gasteiger partial charge in [0.25, 0.3) is 15.9 Å². The lowest BCUT2D eigenvalue weighted by molar-refractivity contribution is 0.102. The third-order valence-electron chi connectivity index (χ3n) is 4.61. The van der Waals surface area contributed by atoms with E-state index in [1.54, 1.807) is 18.2 Å². The van der Waals surface area contributed by atoms with Crippen LogP contribution in [0.25, 0.3) is 11.3 Å². The number of amides is 1. The van der Waals surface area contributed by atoms with Gasteiger partial charge in [0.05, 0.1) is 21.8 Å². The van der Waals surface area contributed by atoms with Gasteiger partial charge in [0.2, 0.25) is 0 Å². The topological polar surface area (TPSA) is 88.2 Å². The molecule has 4 aromatic rings. The Balaban J connectivity index is 1.54. The van der Waals surface area contributed by atoms with Gasteiger partial charge in [-0.15, -0.1) is 11.3 Å². The Kier molecular flexibility index (Phi) is 6.27. The van der Waals surface area contributed by atoms with Crippen LogP contribution >= 0.6 is 22.9 Å². The molecule has 0 saturated heterocycles. The third kappa shape index (κ3) is 4.99. The number of aromatic nitrogens is 1. The summed E-state index contributed by atoms with van der Waals surface area (Å²) in [5, 5.41) is 5.45. The zero-order valence-electron chi connectivity index (χ0n) is 16.9. The molecule has 0 aliphatic rings. The van der Waals surface area contributed by atoms with E-state index >= 15 is 0 Å². The number of para-hydroxylation sites is 1. The van der Waals surface area contributed by atoms with Gasteiger partial charge in [0, 0.05) is 16.0 Å². The average molecular weight is 484 g/mol. The fourth-order valence-corrected chi connectivity index (χ4v) is 4.86. The molecule has 162 valence electrons. The first kappa shape index (κ1) is 22.0. The van der Waals surface area contributed by atoms with Gasteiger partial charge in [-0.2, -0.15) is 0 Å². The fourth-order valence-electron chi connectivity index (χ4n) is 2.94. The zero-order chi connectivity index (χ0) is 22.7. The van der Waals surface area contributed by atoms with Crippen LogP contribution in [0, 0.1) is 6.92 Å². The van der Waals surface area contributed by atoms with Crippen LogP contribution in [-0.2, 0) is 10.0 Å². The molecule has 9 heteroatoms. The molecular formula is C23H18ClN3O3S2. The summed E-state index contributed by atoms with van der Waals surface area (Å²) in [6.45, 7) is 2.01. The number of nitrogens with zero attached hydrogens (tertiary/aromatic N) is 1. The van der Waals surface area contributed by atoms with E-state index in [0.29, 0.717) is 10.2 Å². The van der Waals surface area contributed by atoms with E-state index in [9.17, 15) is 13.2 Å². The SMILES string of the molecule is Cc1ccc(-c2csc(NC(=O)c3ccccc3NS(=O)(=O)c3ccc(Cl)cc3)n2)cc1. The molecular weight excluding hydrogens is 466 g/mol. The molecule has 0 saturated carbocycles. The molecule has 0 atom stereocenters. The van der Waals surface area contributed by atoms with Crippen molar-refractivity contribution >= 4 is 49.7 Å². The Bertz CT molecular complexity index is 1370. The summed E-state index contributed by atoms with van der Waals surface area (Å²) in [7, 11) is -3.90. The molecule has 0 spiro atoms. The number of anilines is 2. The van der Waals surface area contributed by atoms with Crippen molar-refractivity contribution in [3.63, 3.8) is 0 Å². The van der Waals surface area contributed by atoms with Crippen molar-refractivity contribution in [1.82, 2.24) is 4.98 Å². The molecule has 0 aliphatic heterocycles. The Morgan fingerprint density at radius 2 is 1.66 bits per heavy atom. The van der Waals surface area contributed by atoms with E-state index in [1.165, 1.54) is 41.7 Å². The highest BCUT2D eigenvalue weighted by Crippen LogP contribution is 2.27. The minimum absolute atomic E-state index is 0.0415. The van der Waals surface area contributed by atoms with Crippen molar-refractivity contribution in [2.24, 2.45) is 0 Å². The number of rotatable bonds is 6.